The van der Waals surface area contributed by atoms with E-state index in [4.69, 9.17) is 21.1 Å². The lowest BCUT2D eigenvalue weighted by molar-refractivity contribution is -0.139. The maximum Gasteiger partial charge on any atom is 0.355 e. The number of hydrogen-bond acceptors (Lipinski definition) is 6. The van der Waals surface area contributed by atoms with Crippen LogP contribution in [-0.4, -0.2) is 37.2 Å². The molecule has 2 rings (SSSR count). The molecule has 0 saturated carbocycles. The fourth-order valence-electron chi connectivity index (χ4n) is 2.35. The van der Waals surface area contributed by atoms with Gasteiger partial charge in [0.05, 0.1) is 30.5 Å². The van der Waals surface area contributed by atoms with Crippen LogP contribution in [0.1, 0.15) is 10.4 Å². The zero-order valence-corrected chi connectivity index (χ0v) is 17.9. The van der Waals surface area contributed by atoms with Crippen molar-refractivity contribution in [3.05, 3.63) is 61.3 Å². The van der Waals surface area contributed by atoms with Crippen LogP contribution in [0.3, 0.4) is 0 Å². The van der Waals surface area contributed by atoms with E-state index < -0.39 is 17.9 Å². The van der Waals surface area contributed by atoms with Gasteiger partial charge in [0.25, 0.3) is 0 Å². The lowest BCUT2D eigenvalue weighted by Gasteiger charge is -2.26. The number of benzene rings is 1. The number of carbonyl (C=O) groups excluding carboxylic acids is 2. The van der Waals surface area contributed by atoms with Gasteiger partial charge in [-0.25, -0.2) is 14.4 Å². The van der Waals surface area contributed by atoms with E-state index in [1.165, 1.54) is 35.4 Å². The van der Waals surface area contributed by atoms with Crippen molar-refractivity contribution in [3.8, 4) is 0 Å². The molecule has 142 valence electrons. The average molecular weight is 522 g/mol. The number of allylic oxidation sites excluding steroid dienone is 2. The fraction of sp³-hybridized carbons (Fsp3) is 0.118. The topological polar surface area (TPSA) is 93.1 Å². The zero-order valence-electron chi connectivity index (χ0n) is 14.0. The number of rotatable bonds is 4. The Hall–Kier alpha value is -2.10. The molecule has 1 aromatic rings. The number of anilines is 1. The van der Waals surface area contributed by atoms with Crippen LogP contribution in [0.25, 0.3) is 0 Å². The molecule has 0 saturated heterocycles. The highest BCUT2D eigenvalue weighted by atomic mass is 79.9. The molecule has 0 radical (unpaired) electrons. The van der Waals surface area contributed by atoms with Crippen molar-refractivity contribution >= 4 is 67.1 Å². The Labute approximate surface area is 176 Å². The second-order valence-electron chi connectivity index (χ2n) is 5.00. The Morgan fingerprint density at radius 3 is 2.26 bits per heavy atom. The Bertz CT molecular complexity index is 922. The molecule has 0 aromatic heterocycles. The number of hydrogen-bond donors (Lipinski definition) is 1. The standard InChI is InChI=1S/C17H12Br2ClNO6/c1-26-16(24)8-5-3-4-6-21(13(8)17(25)27-2)14-10(19)7-9(18)12(20)11(14)15(22)23/h3-7H,1-2H3,(H,22,23). The van der Waals surface area contributed by atoms with Crippen molar-refractivity contribution in [2.24, 2.45) is 0 Å². The third-order valence-corrected chi connectivity index (χ3v) is 5.34. The van der Waals surface area contributed by atoms with Crippen molar-refractivity contribution in [2.75, 3.05) is 19.1 Å². The van der Waals surface area contributed by atoms with E-state index in [0.717, 1.165) is 14.2 Å². The number of carbonyl (C=O) groups is 3. The van der Waals surface area contributed by atoms with Gasteiger partial charge in [0, 0.05) is 15.1 Å². The molecule has 1 N–H and O–H groups in total. The van der Waals surface area contributed by atoms with Crippen LogP contribution in [0.15, 0.2) is 50.7 Å². The molecule has 0 aliphatic carbocycles. The second-order valence-corrected chi connectivity index (χ2v) is 7.09. The van der Waals surface area contributed by atoms with Crippen LogP contribution >= 0.6 is 43.5 Å². The van der Waals surface area contributed by atoms with Crippen molar-refractivity contribution in [2.45, 2.75) is 0 Å². The number of ether oxygens (including phenoxy) is 2. The SMILES string of the molecule is COC(=O)C1=C(C(=O)OC)N(c2c(Br)cc(Br)c(Cl)c2C(=O)O)C=CC=C1. The lowest BCUT2D eigenvalue weighted by Crippen LogP contribution is -2.28. The third-order valence-electron chi connectivity index (χ3n) is 3.49. The predicted molar refractivity (Wildman–Crippen MR) is 106 cm³/mol. The molecule has 7 nitrogen and oxygen atoms in total. The quantitative estimate of drug-likeness (QED) is 0.472. The number of carboxylic acid groups (broad SMARTS) is 1. The monoisotopic (exact) mass is 519 g/mol. The van der Waals surface area contributed by atoms with Gasteiger partial charge in [-0.3, -0.25) is 0 Å². The van der Waals surface area contributed by atoms with Crippen molar-refractivity contribution in [3.63, 3.8) is 0 Å². The number of aromatic carboxylic acids is 1. The third kappa shape index (κ3) is 4.10. The van der Waals surface area contributed by atoms with Crippen molar-refractivity contribution in [1.82, 2.24) is 0 Å². The molecule has 1 aliphatic heterocycles. The molecule has 27 heavy (non-hydrogen) atoms. The van der Waals surface area contributed by atoms with Gasteiger partial charge in [-0.15, -0.1) is 0 Å². The maximum absolute atomic E-state index is 12.5. The minimum Gasteiger partial charge on any atom is -0.478 e. The van der Waals surface area contributed by atoms with Crippen molar-refractivity contribution in [1.29, 1.82) is 0 Å². The summed E-state index contributed by atoms with van der Waals surface area (Å²) in [5.41, 5.74) is -0.583. The Morgan fingerprint density at radius 1 is 1.07 bits per heavy atom. The predicted octanol–water partition coefficient (Wildman–Crippen LogP) is 4.05. The molecule has 1 heterocycles. The van der Waals surface area contributed by atoms with Crippen LogP contribution in [0.2, 0.25) is 5.02 Å². The summed E-state index contributed by atoms with van der Waals surface area (Å²) in [6.07, 6.45) is 5.80. The molecule has 0 bridgehead atoms. The lowest BCUT2D eigenvalue weighted by atomic mass is 10.1. The first-order valence-electron chi connectivity index (χ1n) is 7.20. The largest absolute Gasteiger partial charge is 0.478 e. The molecule has 1 aliphatic rings. The summed E-state index contributed by atoms with van der Waals surface area (Å²) in [6, 6.07) is 1.53. The fourth-order valence-corrected chi connectivity index (χ4v) is 3.93. The summed E-state index contributed by atoms with van der Waals surface area (Å²) in [5, 5.41) is 9.61. The van der Waals surface area contributed by atoms with Gasteiger partial charge in [-0.1, -0.05) is 17.7 Å². The van der Waals surface area contributed by atoms with E-state index >= 15 is 0 Å². The van der Waals surface area contributed by atoms with Gasteiger partial charge < -0.3 is 19.5 Å². The van der Waals surface area contributed by atoms with Crippen LogP contribution < -0.4 is 4.90 Å². The zero-order chi connectivity index (χ0) is 20.3. The first kappa shape index (κ1) is 21.2. The van der Waals surface area contributed by atoms with E-state index in [2.05, 4.69) is 31.9 Å². The first-order chi connectivity index (χ1) is 12.7. The summed E-state index contributed by atoms with van der Waals surface area (Å²) in [7, 11) is 2.30. The van der Waals surface area contributed by atoms with Gasteiger partial charge in [0.1, 0.15) is 11.3 Å². The van der Waals surface area contributed by atoms with Gasteiger partial charge in [-0.2, -0.15) is 0 Å². The number of methoxy groups -OCH3 is 2. The van der Waals surface area contributed by atoms with Crippen LogP contribution in [-0.2, 0) is 19.1 Å². The summed E-state index contributed by atoms with van der Waals surface area (Å²) < 4.78 is 10.2. The van der Waals surface area contributed by atoms with E-state index in [1.54, 1.807) is 0 Å². The highest BCUT2D eigenvalue weighted by Crippen LogP contribution is 2.42. The number of nitrogens with zero attached hydrogens (tertiary/aromatic N) is 1. The normalized spacial score (nSPS) is 13.4. The first-order valence-corrected chi connectivity index (χ1v) is 9.16. The Balaban J connectivity index is 2.91. The molecule has 10 heteroatoms. The molecule has 0 spiro atoms. The molecular formula is C17H12Br2ClNO6. The summed E-state index contributed by atoms with van der Waals surface area (Å²) in [5.74, 6) is -2.99. The molecule has 0 amide bonds. The molecule has 0 unspecified atom stereocenters. The summed E-state index contributed by atoms with van der Waals surface area (Å²) in [4.78, 5) is 37.8. The van der Waals surface area contributed by atoms with Gasteiger partial charge in [0.15, 0.2) is 0 Å². The molecule has 1 aromatic carbocycles. The number of esters is 2. The maximum atomic E-state index is 12.5. The highest BCUT2D eigenvalue weighted by molar-refractivity contribution is 9.11. The number of halogens is 3. The Kier molecular flexibility index (Phi) is 6.85. The van der Waals surface area contributed by atoms with E-state index in [9.17, 15) is 19.5 Å². The molecular weight excluding hydrogens is 509 g/mol. The van der Waals surface area contributed by atoms with Crippen LogP contribution in [0, 0.1) is 0 Å². The van der Waals surface area contributed by atoms with Crippen LogP contribution in [0.5, 0.6) is 0 Å². The van der Waals surface area contributed by atoms with Gasteiger partial charge in [0.2, 0.25) is 0 Å². The van der Waals surface area contributed by atoms with Gasteiger partial charge in [-0.05, 0) is 50.1 Å². The summed E-state index contributed by atoms with van der Waals surface area (Å²) >= 11 is 12.7. The van der Waals surface area contributed by atoms with Gasteiger partial charge >= 0.3 is 17.9 Å². The molecule has 0 atom stereocenters. The minimum atomic E-state index is -1.33. The average Bonchev–Trinajstić information content (AvgIpc) is 2.85. The number of carboxylic acids is 1. The minimum absolute atomic E-state index is 0.0393. The van der Waals surface area contributed by atoms with E-state index in [-0.39, 0.29) is 27.5 Å². The van der Waals surface area contributed by atoms with Crippen LogP contribution in [0.4, 0.5) is 5.69 Å². The summed E-state index contributed by atoms with van der Waals surface area (Å²) in [6.45, 7) is 0. The van der Waals surface area contributed by atoms with Crippen molar-refractivity contribution < 1.29 is 29.0 Å². The molecule has 0 fully saturated rings. The van der Waals surface area contributed by atoms with E-state index in [1.807, 2.05) is 0 Å². The second kappa shape index (κ2) is 8.73. The highest BCUT2D eigenvalue weighted by Gasteiger charge is 2.32. The smallest absolute Gasteiger partial charge is 0.355 e. The van der Waals surface area contributed by atoms with E-state index in [0.29, 0.717) is 8.95 Å². The Morgan fingerprint density at radius 2 is 1.70 bits per heavy atom.